The van der Waals surface area contributed by atoms with Gasteiger partial charge in [0.2, 0.25) is 0 Å². The Bertz CT molecular complexity index is 708. The summed E-state index contributed by atoms with van der Waals surface area (Å²) in [5, 5.41) is 1.01. The van der Waals surface area contributed by atoms with Crippen molar-refractivity contribution in [3.8, 4) is 0 Å². The lowest BCUT2D eigenvalue weighted by Gasteiger charge is -2.03. The van der Waals surface area contributed by atoms with Crippen LogP contribution in [-0.2, 0) is 11.3 Å². The molecule has 100 valence electrons. The molecule has 0 bridgehead atoms. The van der Waals surface area contributed by atoms with Crippen molar-refractivity contribution >= 4 is 16.9 Å². The van der Waals surface area contributed by atoms with Crippen LogP contribution in [0, 0.1) is 6.92 Å². The number of hydrogen-bond donors (Lipinski definition) is 1. The summed E-state index contributed by atoms with van der Waals surface area (Å²) < 4.78 is 5.31. The Morgan fingerprint density at radius 1 is 1.10 bits per heavy atom. The number of carbonyl (C=O) groups excluding carboxylic acids is 1. The summed E-state index contributed by atoms with van der Waals surface area (Å²) in [5.74, 6) is -0.332. The predicted molar refractivity (Wildman–Crippen MR) is 78.6 cm³/mol. The van der Waals surface area contributed by atoms with Crippen molar-refractivity contribution in [2.45, 2.75) is 13.5 Å². The first-order valence-corrected chi connectivity index (χ1v) is 6.53. The molecule has 1 N–H and O–H groups in total. The summed E-state index contributed by atoms with van der Waals surface area (Å²) in [6, 6.07) is 17.5. The first-order chi connectivity index (χ1) is 9.72. The van der Waals surface area contributed by atoms with Crippen LogP contribution in [0.2, 0.25) is 0 Å². The van der Waals surface area contributed by atoms with E-state index in [1.165, 1.54) is 5.56 Å². The third kappa shape index (κ3) is 2.57. The third-order valence-electron chi connectivity index (χ3n) is 3.24. The van der Waals surface area contributed by atoms with E-state index in [2.05, 4.69) is 4.98 Å². The molecule has 0 aliphatic heterocycles. The molecule has 3 nitrogen and oxygen atoms in total. The van der Waals surface area contributed by atoms with E-state index in [-0.39, 0.29) is 12.6 Å². The minimum absolute atomic E-state index is 0.286. The Balaban J connectivity index is 1.71. The van der Waals surface area contributed by atoms with Gasteiger partial charge in [-0.15, -0.1) is 0 Å². The fraction of sp³-hybridized carbons (Fsp3) is 0.118. The van der Waals surface area contributed by atoms with Crippen LogP contribution < -0.4 is 0 Å². The molecule has 2 aromatic carbocycles. The molecule has 3 aromatic rings. The van der Waals surface area contributed by atoms with Gasteiger partial charge in [0.1, 0.15) is 12.3 Å². The number of rotatable bonds is 3. The molecule has 20 heavy (non-hydrogen) atoms. The number of para-hydroxylation sites is 1. The van der Waals surface area contributed by atoms with Gasteiger partial charge >= 0.3 is 5.97 Å². The Hall–Kier alpha value is -2.55. The maximum atomic E-state index is 12.0. The van der Waals surface area contributed by atoms with Gasteiger partial charge in [0.15, 0.2) is 0 Å². The monoisotopic (exact) mass is 265 g/mol. The van der Waals surface area contributed by atoms with Crippen molar-refractivity contribution < 1.29 is 9.53 Å². The van der Waals surface area contributed by atoms with Gasteiger partial charge < -0.3 is 9.72 Å². The Morgan fingerprint density at radius 3 is 2.60 bits per heavy atom. The van der Waals surface area contributed by atoms with E-state index in [9.17, 15) is 4.79 Å². The number of aryl methyl sites for hydroxylation is 1. The van der Waals surface area contributed by atoms with Crippen LogP contribution >= 0.6 is 0 Å². The molecular weight excluding hydrogens is 250 g/mol. The van der Waals surface area contributed by atoms with E-state index in [1.54, 1.807) is 0 Å². The molecule has 3 rings (SSSR count). The van der Waals surface area contributed by atoms with Gasteiger partial charge in [-0.05, 0) is 24.6 Å². The van der Waals surface area contributed by atoms with Gasteiger partial charge in [0.25, 0.3) is 0 Å². The van der Waals surface area contributed by atoms with Crippen LogP contribution in [0.15, 0.2) is 54.6 Å². The first kappa shape index (κ1) is 12.5. The summed E-state index contributed by atoms with van der Waals surface area (Å²) >= 11 is 0. The lowest BCUT2D eigenvalue weighted by atomic mass is 10.2. The smallest absolute Gasteiger partial charge is 0.355 e. The molecule has 0 aliphatic rings. The summed E-state index contributed by atoms with van der Waals surface area (Å²) in [7, 11) is 0. The number of esters is 1. The standard InChI is InChI=1S/C17H15NO2/c1-12-6-8-13(9-7-12)11-20-17(19)16-10-14-4-2-3-5-15(14)18-16/h2-10,18H,11H2,1H3. The molecule has 3 heteroatoms. The van der Waals surface area contributed by atoms with E-state index in [1.807, 2.05) is 61.5 Å². The number of ether oxygens (including phenoxy) is 1. The molecule has 0 saturated carbocycles. The van der Waals surface area contributed by atoms with E-state index in [0.29, 0.717) is 5.69 Å². The molecule has 0 unspecified atom stereocenters. The number of aromatic nitrogens is 1. The average Bonchev–Trinajstić information content (AvgIpc) is 2.90. The van der Waals surface area contributed by atoms with Crippen LogP contribution in [0.1, 0.15) is 21.6 Å². The van der Waals surface area contributed by atoms with E-state index in [4.69, 9.17) is 4.74 Å². The lowest BCUT2D eigenvalue weighted by molar-refractivity contribution is 0.0467. The van der Waals surface area contributed by atoms with Crippen molar-refractivity contribution in [2.75, 3.05) is 0 Å². The molecule has 0 amide bonds. The Morgan fingerprint density at radius 2 is 1.85 bits per heavy atom. The van der Waals surface area contributed by atoms with Crippen molar-refractivity contribution in [1.29, 1.82) is 0 Å². The van der Waals surface area contributed by atoms with Crippen LogP contribution in [-0.4, -0.2) is 11.0 Å². The Kier molecular flexibility index (Phi) is 3.25. The summed E-state index contributed by atoms with van der Waals surface area (Å²) in [4.78, 5) is 15.1. The SMILES string of the molecule is Cc1ccc(COC(=O)c2cc3ccccc3[nH]2)cc1. The topological polar surface area (TPSA) is 42.1 Å². The minimum atomic E-state index is -0.332. The second kappa shape index (κ2) is 5.21. The highest BCUT2D eigenvalue weighted by molar-refractivity contribution is 5.94. The molecule has 0 aliphatic carbocycles. The van der Waals surface area contributed by atoms with Gasteiger partial charge in [-0.2, -0.15) is 0 Å². The van der Waals surface area contributed by atoms with Crippen molar-refractivity contribution in [3.05, 3.63) is 71.4 Å². The lowest BCUT2D eigenvalue weighted by Crippen LogP contribution is -2.05. The van der Waals surface area contributed by atoms with Gasteiger partial charge in [-0.25, -0.2) is 4.79 Å². The zero-order valence-corrected chi connectivity index (χ0v) is 11.2. The number of carbonyl (C=O) groups is 1. The molecular formula is C17H15NO2. The van der Waals surface area contributed by atoms with Gasteiger partial charge in [0, 0.05) is 10.9 Å². The van der Waals surface area contributed by atoms with Gasteiger partial charge in [0.05, 0.1) is 0 Å². The molecule has 1 aromatic heterocycles. The number of nitrogens with one attached hydrogen (secondary N) is 1. The normalized spacial score (nSPS) is 10.7. The van der Waals surface area contributed by atoms with Crippen molar-refractivity contribution in [3.63, 3.8) is 0 Å². The van der Waals surface area contributed by atoms with Crippen molar-refractivity contribution in [1.82, 2.24) is 4.98 Å². The highest BCUT2D eigenvalue weighted by Gasteiger charge is 2.10. The maximum absolute atomic E-state index is 12.0. The summed E-state index contributed by atoms with van der Waals surface area (Å²) in [5.41, 5.74) is 3.60. The average molecular weight is 265 g/mol. The van der Waals surface area contributed by atoms with E-state index < -0.39 is 0 Å². The number of benzene rings is 2. The largest absolute Gasteiger partial charge is 0.456 e. The number of hydrogen-bond acceptors (Lipinski definition) is 2. The zero-order valence-electron chi connectivity index (χ0n) is 11.2. The van der Waals surface area contributed by atoms with Crippen LogP contribution in [0.25, 0.3) is 10.9 Å². The molecule has 0 fully saturated rings. The quantitative estimate of drug-likeness (QED) is 0.731. The van der Waals surface area contributed by atoms with Crippen LogP contribution in [0.3, 0.4) is 0 Å². The summed E-state index contributed by atoms with van der Waals surface area (Å²) in [6.45, 7) is 2.31. The Labute approximate surface area is 117 Å². The first-order valence-electron chi connectivity index (χ1n) is 6.53. The number of aromatic amines is 1. The van der Waals surface area contributed by atoms with Crippen molar-refractivity contribution in [2.24, 2.45) is 0 Å². The third-order valence-corrected chi connectivity index (χ3v) is 3.24. The van der Waals surface area contributed by atoms with Crippen LogP contribution in [0.5, 0.6) is 0 Å². The van der Waals surface area contributed by atoms with Gasteiger partial charge in [-0.1, -0.05) is 48.0 Å². The zero-order chi connectivity index (χ0) is 13.9. The molecule has 0 spiro atoms. The minimum Gasteiger partial charge on any atom is -0.456 e. The number of fused-ring (bicyclic) bond motifs is 1. The van der Waals surface area contributed by atoms with E-state index >= 15 is 0 Å². The summed E-state index contributed by atoms with van der Waals surface area (Å²) in [6.07, 6.45) is 0. The number of H-pyrrole nitrogens is 1. The van der Waals surface area contributed by atoms with Crippen LogP contribution in [0.4, 0.5) is 0 Å². The highest BCUT2D eigenvalue weighted by atomic mass is 16.5. The fourth-order valence-electron chi connectivity index (χ4n) is 2.09. The molecule has 1 heterocycles. The highest BCUT2D eigenvalue weighted by Crippen LogP contribution is 2.15. The second-order valence-corrected chi connectivity index (χ2v) is 4.83. The van der Waals surface area contributed by atoms with Gasteiger partial charge in [-0.3, -0.25) is 0 Å². The second-order valence-electron chi connectivity index (χ2n) is 4.83. The predicted octanol–water partition coefficient (Wildman–Crippen LogP) is 3.83. The maximum Gasteiger partial charge on any atom is 0.355 e. The van der Waals surface area contributed by atoms with E-state index in [0.717, 1.165) is 16.5 Å². The molecule has 0 radical (unpaired) electrons. The molecule has 0 atom stereocenters. The molecule has 0 saturated heterocycles. The fourth-order valence-corrected chi connectivity index (χ4v) is 2.09.